The molecule has 1 aromatic carbocycles. The van der Waals surface area contributed by atoms with Crippen LogP contribution in [0.4, 0.5) is 13.2 Å². The summed E-state index contributed by atoms with van der Waals surface area (Å²) in [5.74, 6) is -1.61. The molecule has 2 atom stereocenters. The normalized spacial score (nSPS) is 18.9. The third kappa shape index (κ3) is 5.31. The molecule has 1 amide bonds. The van der Waals surface area contributed by atoms with Crippen molar-refractivity contribution in [2.24, 2.45) is 5.92 Å². The van der Waals surface area contributed by atoms with E-state index in [-0.39, 0.29) is 30.1 Å². The van der Waals surface area contributed by atoms with Gasteiger partial charge < -0.3 is 10.1 Å². The lowest BCUT2D eigenvalue weighted by atomic mass is 9.83. The minimum atomic E-state index is -4.50. The fourth-order valence-electron chi connectivity index (χ4n) is 3.11. The minimum absolute atomic E-state index is 0.0160. The van der Waals surface area contributed by atoms with Crippen LogP contribution in [0.5, 0.6) is 0 Å². The highest BCUT2D eigenvalue weighted by Gasteiger charge is 2.34. The molecule has 0 aliphatic heterocycles. The average Bonchev–Trinajstić information content (AvgIpc) is 2.58. The maximum Gasteiger partial charge on any atom is 0.416 e. The molecule has 1 fully saturated rings. The van der Waals surface area contributed by atoms with E-state index in [1.807, 2.05) is 0 Å². The lowest BCUT2D eigenvalue weighted by molar-refractivity contribution is -0.147. The van der Waals surface area contributed by atoms with Gasteiger partial charge in [-0.15, -0.1) is 0 Å². The topological polar surface area (TPSA) is 72.5 Å². The lowest BCUT2D eigenvalue weighted by Gasteiger charge is -2.28. The molecule has 0 radical (unpaired) electrons. The minimum Gasteiger partial charge on any atom is -0.467 e. The van der Waals surface area contributed by atoms with Crippen LogP contribution in [0.1, 0.15) is 36.8 Å². The second-order valence-corrected chi connectivity index (χ2v) is 6.34. The van der Waals surface area contributed by atoms with E-state index in [9.17, 15) is 27.6 Å². The van der Waals surface area contributed by atoms with Crippen LogP contribution in [-0.4, -0.2) is 30.8 Å². The predicted octanol–water partition coefficient (Wildman–Crippen LogP) is 2.67. The van der Waals surface area contributed by atoms with Gasteiger partial charge in [0.25, 0.3) is 0 Å². The summed E-state index contributed by atoms with van der Waals surface area (Å²) in [6, 6.07) is 3.47. The Morgan fingerprint density at radius 1 is 1.35 bits per heavy atom. The monoisotopic (exact) mass is 371 g/mol. The average molecular weight is 371 g/mol. The first kappa shape index (κ1) is 19.9. The van der Waals surface area contributed by atoms with Crippen LogP contribution in [0.25, 0.3) is 0 Å². The van der Waals surface area contributed by atoms with Crippen molar-refractivity contribution >= 4 is 17.7 Å². The van der Waals surface area contributed by atoms with Gasteiger partial charge in [-0.3, -0.25) is 9.59 Å². The molecule has 2 rings (SSSR count). The molecule has 8 heteroatoms. The molecule has 1 N–H and O–H groups in total. The van der Waals surface area contributed by atoms with E-state index < -0.39 is 29.7 Å². The Balaban J connectivity index is 2.07. The van der Waals surface area contributed by atoms with Gasteiger partial charge in [0, 0.05) is 12.8 Å². The van der Waals surface area contributed by atoms with E-state index in [0.29, 0.717) is 19.3 Å². The maximum atomic E-state index is 12.8. The zero-order valence-electron chi connectivity index (χ0n) is 14.3. The summed E-state index contributed by atoms with van der Waals surface area (Å²) in [6.07, 6.45) is -2.97. The number of esters is 1. The van der Waals surface area contributed by atoms with Crippen LogP contribution in [0.15, 0.2) is 24.3 Å². The molecule has 1 aliphatic rings. The van der Waals surface area contributed by atoms with Gasteiger partial charge in [0.1, 0.15) is 11.8 Å². The van der Waals surface area contributed by atoms with Crippen LogP contribution in [0.2, 0.25) is 0 Å². The van der Waals surface area contributed by atoms with Gasteiger partial charge >= 0.3 is 12.1 Å². The van der Waals surface area contributed by atoms with Crippen molar-refractivity contribution in [2.45, 2.75) is 44.3 Å². The number of carbonyl (C=O) groups is 3. The number of ketones is 1. The maximum absolute atomic E-state index is 12.8. The summed E-state index contributed by atoms with van der Waals surface area (Å²) in [6.45, 7) is 0. The van der Waals surface area contributed by atoms with Gasteiger partial charge in [-0.1, -0.05) is 18.2 Å². The Morgan fingerprint density at radius 3 is 2.69 bits per heavy atom. The van der Waals surface area contributed by atoms with Crippen LogP contribution in [-0.2, 0) is 31.7 Å². The lowest BCUT2D eigenvalue weighted by Crippen LogP contribution is -2.48. The van der Waals surface area contributed by atoms with Crippen molar-refractivity contribution in [3.05, 3.63) is 35.4 Å². The van der Waals surface area contributed by atoms with Crippen molar-refractivity contribution in [2.75, 3.05) is 7.11 Å². The second kappa shape index (κ2) is 8.33. The number of halogens is 3. The molecule has 0 bridgehead atoms. The highest BCUT2D eigenvalue weighted by Crippen LogP contribution is 2.29. The third-order valence-corrected chi connectivity index (χ3v) is 4.38. The Hall–Kier alpha value is -2.38. The zero-order chi connectivity index (χ0) is 19.3. The first-order valence-electron chi connectivity index (χ1n) is 8.25. The molecule has 5 nitrogen and oxygen atoms in total. The Labute approximate surface area is 148 Å². The van der Waals surface area contributed by atoms with E-state index >= 15 is 0 Å². The number of amides is 1. The van der Waals surface area contributed by atoms with E-state index in [1.165, 1.54) is 19.2 Å². The summed E-state index contributed by atoms with van der Waals surface area (Å²) in [5.41, 5.74) is -0.661. The van der Waals surface area contributed by atoms with E-state index in [0.717, 1.165) is 12.1 Å². The number of ether oxygens (including phenoxy) is 1. The fourth-order valence-corrected chi connectivity index (χ4v) is 3.11. The van der Waals surface area contributed by atoms with E-state index in [4.69, 9.17) is 4.74 Å². The smallest absolute Gasteiger partial charge is 0.416 e. The molecule has 0 aromatic heterocycles. The number of hydrogen-bond donors (Lipinski definition) is 1. The van der Waals surface area contributed by atoms with Crippen LogP contribution >= 0.6 is 0 Å². The fraction of sp³-hybridized carbons (Fsp3) is 0.500. The van der Waals surface area contributed by atoms with Gasteiger partial charge in [-0.2, -0.15) is 13.2 Å². The summed E-state index contributed by atoms with van der Waals surface area (Å²) in [7, 11) is 1.18. The van der Waals surface area contributed by atoms with Crippen molar-refractivity contribution in [1.82, 2.24) is 5.32 Å². The van der Waals surface area contributed by atoms with Crippen molar-refractivity contribution in [1.29, 1.82) is 0 Å². The molecule has 0 saturated heterocycles. The summed E-state index contributed by atoms with van der Waals surface area (Å²) >= 11 is 0. The number of benzene rings is 1. The molecule has 26 heavy (non-hydrogen) atoms. The third-order valence-electron chi connectivity index (χ3n) is 4.38. The predicted molar refractivity (Wildman–Crippen MR) is 86.1 cm³/mol. The molecule has 142 valence electrons. The van der Waals surface area contributed by atoms with Crippen LogP contribution in [0.3, 0.4) is 0 Å². The Kier molecular flexibility index (Phi) is 6.39. The summed E-state index contributed by atoms with van der Waals surface area (Å²) in [5, 5.41) is 2.52. The molecule has 1 aliphatic carbocycles. The molecule has 0 heterocycles. The molecule has 0 spiro atoms. The number of hydrogen-bond acceptors (Lipinski definition) is 4. The number of carbonyl (C=O) groups excluding carboxylic acids is 3. The largest absolute Gasteiger partial charge is 0.467 e. The molecule has 0 unspecified atom stereocenters. The first-order valence-corrected chi connectivity index (χ1v) is 8.25. The van der Waals surface area contributed by atoms with Crippen molar-refractivity contribution < 1.29 is 32.3 Å². The molecule has 1 aromatic rings. The highest BCUT2D eigenvalue weighted by molar-refractivity contribution is 5.87. The molecule has 1 saturated carbocycles. The first-order chi connectivity index (χ1) is 12.2. The SMILES string of the molecule is COC(=O)[C@@H](NC(=O)Cc1cccc(C(F)(F)F)c1)[C@@H]1CCCC(=O)C1. The van der Waals surface area contributed by atoms with Gasteiger partial charge in [0.2, 0.25) is 5.91 Å². The molecular weight excluding hydrogens is 351 g/mol. The van der Waals surface area contributed by atoms with Gasteiger partial charge in [0.15, 0.2) is 0 Å². The summed E-state index contributed by atoms with van der Waals surface area (Å²) in [4.78, 5) is 35.9. The van der Waals surface area contributed by atoms with Crippen LogP contribution in [0, 0.1) is 5.92 Å². The van der Waals surface area contributed by atoms with Gasteiger partial charge in [-0.25, -0.2) is 4.79 Å². The van der Waals surface area contributed by atoms with Gasteiger partial charge in [0.05, 0.1) is 19.1 Å². The van der Waals surface area contributed by atoms with E-state index in [2.05, 4.69) is 5.32 Å². The highest BCUT2D eigenvalue weighted by atomic mass is 19.4. The number of methoxy groups -OCH3 is 1. The standard InChI is InChI=1S/C18H20F3NO4/c1-26-17(25)16(12-5-3-7-14(23)10-12)22-15(24)9-11-4-2-6-13(8-11)18(19,20)21/h2,4,6,8,12,16H,3,5,7,9-10H2,1H3,(H,22,24)/t12-,16+/m1/s1. The number of nitrogens with one attached hydrogen (secondary N) is 1. The molecular formula is C18H20F3NO4. The Bertz CT molecular complexity index is 687. The number of Topliss-reactive ketones (excluding diaryl/α,β-unsaturated/α-hetero) is 1. The van der Waals surface area contributed by atoms with Gasteiger partial charge in [-0.05, 0) is 30.4 Å². The van der Waals surface area contributed by atoms with Crippen molar-refractivity contribution in [3.63, 3.8) is 0 Å². The van der Waals surface area contributed by atoms with E-state index in [1.54, 1.807) is 0 Å². The number of rotatable bonds is 5. The quantitative estimate of drug-likeness (QED) is 0.808. The van der Waals surface area contributed by atoms with Crippen molar-refractivity contribution in [3.8, 4) is 0 Å². The van der Waals surface area contributed by atoms with Crippen LogP contribution < -0.4 is 5.32 Å². The zero-order valence-corrected chi connectivity index (χ0v) is 14.3. The Morgan fingerprint density at radius 2 is 2.08 bits per heavy atom. The summed E-state index contributed by atoms with van der Waals surface area (Å²) < 4.78 is 43.0. The number of alkyl halides is 3. The second-order valence-electron chi connectivity index (χ2n) is 6.34.